The lowest BCUT2D eigenvalue weighted by atomic mass is 10.1. The van der Waals surface area contributed by atoms with E-state index in [-0.39, 0.29) is 29.7 Å². The summed E-state index contributed by atoms with van der Waals surface area (Å²) in [6.07, 6.45) is -1.32. The molecule has 0 spiro atoms. The predicted molar refractivity (Wildman–Crippen MR) is 94.1 cm³/mol. The van der Waals surface area contributed by atoms with Crippen LogP contribution < -0.4 is 14.2 Å². The summed E-state index contributed by atoms with van der Waals surface area (Å²) in [4.78, 5) is 7.89. The number of rotatable bonds is 6. The number of halogens is 3. The van der Waals surface area contributed by atoms with Crippen LogP contribution in [0.4, 0.5) is 13.2 Å². The summed E-state index contributed by atoms with van der Waals surface area (Å²) in [6.45, 7) is 0.342. The minimum Gasteiger partial charge on any atom is -0.480 e. The van der Waals surface area contributed by atoms with Gasteiger partial charge in [-0.3, -0.25) is 4.98 Å². The van der Waals surface area contributed by atoms with Crippen LogP contribution in [0.25, 0.3) is 0 Å². The fraction of sp³-hybridized carbons (Fsp3) is 0.412. The lowest BCUT2D eigenvalue weighted by molar-refractivity contribution is -0.274. The number of aromatic nitrogens is 2. The number of methoxy groups -OCH3 is 1. The summed E-state index contributed by atoms with van der Waals surface area (Å²) < 4.78 is 78.2. The summed E-state index contributed by atoms with van der Waals surface area (Å²) in [5, 5.41) is 0. The first-order valence-corrected chi connectivity index (χ1v) is 10.00. The number of benzene rings is 1. The molecule has 29 heavy (non-hydrogen) atoms. The number of piperidine rings is 1. The molecule has 1 atom stereocenters. The van der Waals surface area contributed by atoms with Crippen molar-refractivity contribution in [1.82, 2.24) is 14.3 Å². The normalized spacial score (nSPS) is 18.3. The average molecular weight is 433 g/mol. The van der Waals surface area contributed by atoms with Crippen LogP contribution in [-0.4, -0.2) is 55.4 Å². The third kappa shape index (κ3) is 5.48. The van der Waals surface area contributed by atoms with Crippen molar-refractivity contribution in [2.24, 2.45) is 0 Å². The first-order chi connectivity index (χ1) is 13.7. The Morgan fingerprint density at radius 3 is 2.48 bits per heavy atom. The van der Waals surface area contributed by atoms with E-state index in [1.54, 1.807) is 0 Å². The van der Waals surface area contributed by atoms with Gasteiger partial charge >= 0.3 is 6.36 Å². The molecule has 1 aromatic heterocycles. The molecule has 8 nitrogen and oxygen atoms in total. The van der Waals surface area contributed by atoms with E-state index in [1.807, 2.05) is 0 Å². The highest BCUT2D eigenvalue weighted by atomic mass is 32.2. The second kappa shape index (κ2) is 8.41. The Bertz CT molecular complexity index is 938. The zero-order chi connectivity index (χ0) is 21.1. The third-order valence-electron chi connectivity index (χ3n) is 4.12. The Kier molecular flexibility index (Phi) is 6.13. The van der Waals surface area contributed by atoms with Crippen molar-refractivity contribution in [3.05, 3.63) is 36.7 Å². The molecule has 1 fully saturated rings. The molecule has 1 saturated heterocycles. The molecule has 1 aliphatic rings. The molecule has 158 valence electrons. The van der Waals surface area contributed by atoms with Gasteiger partial charge in [0.05, 0.1) is 30.9 Å². The van der Waals surface area contributed by atoms with Crippen LogP contribution in [0.15, 0.2) is 41.6 Å². The van der Waals surface area contributed by atoms with E-state index in [0.29, 0.717) is 12.8 Å². The molecule has 0 N–H and O–H groups in total. The van der Waals surface area contributed by atoms with Gasteiger partial charge in [0.2, 0.25) is 21.8 Å². The second-order valence-corrected chi connectivity index (χ2v) is 8.10. The van der Waals surface area contributed by atoms with Gasteiger partial charge in [0.15, 0.2) is 0 Å². The van der Waals surface area contributed by atoms with E-state index in [1.165, 1.54) is 23.8 Å². The maximum absolute atomic E-state index is 12.8. The van der Waals surface area contributed by atoms with Crippen LogP contribution in [0, 0.1) is 0 Å². The standard InChI is InChI=1S/C17H18F3N3O5S/c1-26-15-9-21-10-16(22-15)27-13-3-2-8-23(11-13)29(24,25)14-6-4-12(5-7-14)28-17(18,19)20/h4-7,9-10,13H,2-3,8,11H2,1H3. The lowest BCUT2D eigenvalue weighted by Gasteiger charge is -2.31. The van der Waals surface area contributed by atoms with E-state index in [9.17, 15) is 21.6 Å². The largest absolute Gasteiger partial charge is 0.573 e. The molecular formula is C17H18F3N3O5S. The minimum absolute atomic E-state index is 0.0715. The topological polar surface area (TPSA) is 90.9 Å². The second-order valence-electron chi connectivity index (χ2n) is 6.16. The zero-order valence-corrected chi connectivity index (χ0v) is 16.1. The number of hydrogen-bond donors (Lipinski definition) is 0. The predicted octanol–water partition coefficient (Wildman–Crippen LogP) is 2.62. The molecule has 0 aliphatic carbocycles. The van der Waals surface area contributed by atoms with E-state index >= 15 is 0 Å². The Labute approximate surface area is 165 Å². The molecule has 0 bridgehead atoms. The molecule has 2 heterocycles. The van der Waals surface area contributed by atoms with Gasteiger partial charge in [-0.25, -0.2) is 8.42 Å². The lowest BCUT2D eigenvalue weighted by Crippen LogP contribution is -2.44. The molecule has 12 heteroatoms. The number of ether oxygens (including phenoxy) is 3. The monoisotopic (exact) mass is 433 g/mol. The molecule has 3 rings (SSSR count). The summed E-state index contributed by atoms with van der Waals surface area (Å²) in [5.41, 5.74) is 0. The maximum Gasteiger partial charge on any atom is 0.573 e. The molecule has 0 saturated carbocycles. The number of sulfonamides is 1. The van der Waals surface area contributed by atoms with Crippen LogP contribution in [0.3, 0.4) is 0 Å². The van der Waals surface area contributed by atoms with Crippen molar-refractivity contribution < 1.29 is 35.8 Å². The third-order valence-corrected chi connectivity index (χ3v) is 6.00. The van der Waals surface area contributed by atoms with E-state index in [2.05, 4.69) is 14.7 Å². The highest BCUT2D eigenvalue weighted by Crippen LogP contribution is 2.27. The summed E-state index contributed by atoms with van der Waals surface area (Å²) >= 11 is 0. The number of hydrogen-bond acceptors (Lipinski definition) is 7. The molecule has 1 unspecified atom stereocenters. The van der Waals surface area contributed by atoms with Crippen LogP contribution in [-0.2, 0) is 10.0 Å². The molecular weight excluding hydrogens is 415 g/mol. The van der Waals surface area contributed by atoms with Crippen molar-refractivity contribution >= 4 is 10.0 Å². The fourth-order valence-corrected chi connectivity index (χ4v) is 4.35. The van der Waals surface area contributed by atoms with Crippen LogP contribution in [0.1, 0.15) is 12.8 Å². The van der Waals surface area contributed by atoms with Gasteiger partial charge in [0, 0.05) is 6.54 Å². The van der Waals surface area contributed by atoms with Gasteiger partial charge < -0.3 is 14.2 Å². The van der Waals surface area contributed by atoms with Gasteiger partial charge in [0.1, 0.15) is 11.9 Å². The Balaban J connectivity index is 1.70. The SMILES string of the molecule is COc1cncc(OC2CCCN(S(=O)(=O)c3ccc(OC(F)(F)F)cc3)C2)n1. The molecule has 1 aromatic carbocycles. The Morgan fingerprint density at radius 2 is 1.83 bits per heavy atom. The number of alkyl halides is 3. The maximum atomic E-state index is 12.8. The van der Waals surface area contributed by atoms with Gasteiger partial charge in [-0.1, -0.05) is 0 Å². The first kappa shape index (κ1) is 21.1. The smallest absolute Gasteiger partial charge is 0.480 e. The highest BCUT2D eigenvalue weighted by molar-refractivity contribution is 7.89. The van der Waals surface area contributed by atoms with E-state index < -0.39 is 28.2 Å². The molecule has 0 radical (unpaired) electrons. The van der Waals surface area contributed by atoms with Gasteiger partial charge in [-0.2, -0.15) is 9.29 Å². The van der Waals surface area contributed by atoms with Crippen LogP contribution in [0.5, 0.6) is 17.5 Å². The fourth-order valence-electron chi connectivity index (χ4n) is 2.84. The summed E-state index contributed by atoms with van der Waals surface area (Å²) in [7, 11) is -2.47. The quantitative estimate of drug-likeness (QED) is 0.692. The van der Waals surface area contributed by atoms with Crippen molar-refractivity contribution in [2.45, 2.75) is 30.2 Å². The van der Waals surface area contributed by atoms with Crippen LogP contribution >= 0.6 is 0 Å². The van der Waals surface area contributed by atoms with Gasteiger partial charge in [-0.15, -0.1) is 13.2 Å². The average Bonchev–Trinajstić information content (AvgIpc) is 2.67. The van der Waals surface area contributed by atoms with Crippen molar-refractivity contribution in [1.29, 1.82) is 0 Å². The van der Waals surface area contributed by atoms with Crippen molar-refractivity contribution in [3.63, 3.8) is 0 Å². The summed E-state index contributed by atoms with van der Waals surface area (Å²) in [6, 6.07) is 4.08. The van der Waals surface area contributed by atoms with Gasteiger partial charge in [0.25, 0.3) is 0 Å². The van der Waals surface area contributed by atoms with E-state index in [4.69, 9.17) is 9.47 Å². The van der Waals surface area contributed by atoms with E-state index in [0.717, 1.165) is 24.3 Å². The molecule has 1 aliphatic heterocycles. The molecule has 0 amide bonds. The Morgan fingerprint density at radius 1 is 1.14 bits per heavy atom. The zero-order valence-electron chi connectivity index (χ0n) is 15.3. The van der Waals surface area contributed by atoms with Crippen molar-refractivity contribution in [3.8, 4) is 17.5 Å². The highest BCUT2D eigenvalue weighted by Gasteiger charge is 2.33. The minimum atomic E-state index is -4.85. The molecule has 2 aromatic rings. The van der Waals surface area contributed by atoms with Crippen molar-refractivity contribution in [2.75, 3.05) is 20.2 Å². The Hall–Kier alpha value is -2.60. The first-order valence-electron chi connectivity index (χ1n) is 8.56. The summed E-state index contributed by atoms with van der Waals surface area (Å²) in [5.74, 6) is -0.0147. The number of nitrogens with zero attached hydrogens (tertiary/aromatic N) is 3. The van der Waals surface area contributed by atoms with Crippen LogP contribution in [0.2, 0.25) is 0 Å². The van der Waals surface area contributed by atoms with Gasteiger partial charge in [-0.05, 0) is 37.1 Å².